The smallest absolute Gasteiger partial charge is 0.235 e. The average molecular weight is 137 g/mol. The number of hydrogen-bond acceptors (Lipinski definition) is 2. The summed E-state index contributed by atoms with van der Waals surface area (Å²) in [6, 6.07) is 0.312. The number of carbonyl (C=O) groups excluding carboxylic acids is 1. The Morgan fingerprint density at radius 2 is 2.38 bits per heavy atom. The fraction of sp³-hybridized carbons (Fsp3) is 0.750. The van der Waals surface area contributed by atoms with Gasteiger partial charge in [0.2, 0.25) is 5.91 Å². The Hall–Kier alpha value is -0.280. The first-order valence-corrected chi connectivity index (χ1v) is 2.33. The Balaban J connectivity index is 0.000000490. The van der Waals surface area contributed by atoms with Gasteiger partial charge in [-0.15, -0.1) is 12.4 Å². The van der Waals surface area contributed by atoms with E-state index in [0.717, 1.165) is 0 Å². The predicted molar refractivity (Wildman–Crippen MR) is 32.6 cm³/mol. The third kappa shape index (κ3) is 1.68. The van der Waals surface area contributed by atoms with Crippen molar-refractivity contribution in [3.05, 3.63) is 0 Å². The lowest BCUT2D eigenvalue weighted by Crippen LogP contribution is -2.29. The van der Waals surface area contributed by atoms with Crippen LogP contribution in [0.5, 0.6) is 0 Å². The standard InChI is InChI=1S/C4H8N2O.ClH/c1-3-2-4(7)6-5-3;/h3,5H,2H2,1H3,(H,6,7);1H. The van der Waals surface area contributed by atoms with E-state index in [2.05, 4.69) is 10.9 Å². The van der Waals surface area contributed by atoms with Crippen molar-refractivity contribution in [1.82, 2.24) is 10.9 Å². The van der Waals surface area contributed by atoms with Gasteiger partial charge in [-0.2, -0.15) is 0 Å². The molecule has 0 radical (unpaired) electrons. The van der Waals surface area contributed by atoms with Crippen LogP contribution >= 0.6 is 12.4 Å². The zero-order valence-corrected chi connectivity index (χ0v) is 5.42. The molecule has 0 aliphatic carbocycles. The molecular formula is C4H9ClN2O. The normalized spacial score (nSPS) is 26.6. The fourth-order valence-electron chi connectivity index (χ4n) is 0.584. The van der Waals surface area contributed by atoms with E-state index < -0.39 is 0 Å². The second-order valence-corrected chi connectivity index (χ2v) is 1.80. The number of hydrazine groups is 1. The second kappa shape index (κ2) is 2.89. The molecule has 2 N–H and O–H groups in total. The number of hydrogen-bond donors (Lipinski definition) is 2. The Labute approximate surface area is 54.2 Å². The van der Waals surface area contributed by atoms with E-state index in [9.17, 15) is 4.79 Å². The SMILES string of the molecule is CC1CC(=O)NN1.Cl. The van der Waals surface area contributed by atoms with Gasteiger partial charge in [0.15, 0.2) is 0 Å². The quantitative estimate of drug-likeness (QED) is 0.485. The van der Waals surface area contributed by atoms with Crippen LogP contribution in [0.15, 0.2) is 0 Å². The predicted octanol–water partition coefficient (Wildman–Crippen LogP) is -0.179. The van der Waals surface area contributed by atoms with E-state index in [4.69, 9.17) is 0 Å². The van der Waals surface area contributed by atoms with Gasteiger partial charge < -0.3 is 0 Å². The monoisotopic (exact) mass is 136 g/mol. The van der Waals surface area contributed by atoms with Crippen LogP contribution in [0.25, 0.3) is 0 Å². The van der Waals surface area contributed by atoms with Crippen molar-refractivity contribution >= 4 is 18.3 Å². The molecule has 1 saturated heterocycles. The molecule has 1 atom stereocenters. The van der Waals surface area contributed by atoms with E-state index >= 15 is 0 Å². The Bertz CT molecular complexity index is 96.0. The summed E-state index contributed by atoms with van der Waals surface area (Å²) in [5, 5.41) is 0. The second-order valence-electron chi connectivity index (χ2n) is 1.80. The van der Waals surface area contributed by atoms with Crippen molar-refractivity contribution in [1.29, 1.82) is 0 Å². The van der Waals surface area contributed by atoms with Crippen LogP contribution < -0.4 is 10.9 Å². The molecule has 0 aromatic heterocycles. The minimum Gasteiger partial charge on any atom is -0.291 e. The van der Waals surface area contributed by atoms with Gasteiger partial charge in [0.25, 0.3) is 0 Å². The molecule has 1 aliphatic heterocycles. The molecule has 4 heteroatoms. The van der Waals surface area contributed by atoms with Crippen molar-refractivity contribution in [3.8, 4) is 0 Å². The maximum Gasteiger partial charge on any atom is 0.235 e. The van der Waals surface area contributed by atoms with Gasteiger partial charge in [-0.25, -0.2) is 5.43 Å². The summed E-state index contributed by atoms with van der Waals surface area (Å²) in [6.07, 6.45) is 0.611. The van der Waals surface area contributed by atoms with Gasteiger partial charge in [0.1, 0.15) is 0 Å². The minimum atomic E-state index is 0. The van der Waals surface area contributed by atoms with Crippen LogP contribution in [0.4, 0.5) is 0 Å². The number of amides is 1. The Morgan fingerprint density at radius 3 is 2.50 bits per heavy atom. The molecular weight excluding hydrogens is 128 g/mol. The van der Waals surface area contributed by atoms with Crippen molar-refractivity contribution in [2.24, 2.45) is 0 Å². The van der Waals surface area contributed by atoms with E-state index in [1.807, 2.05) is 6.92 Å². The van der Waals surface area contributed by atoms with Crippen LogP contribution in [-0.2, 0) is 4.79 Å². The van der Waals surface area contributed by atoms with Crippen LogP contribution in [0.1, 0.15) is 13.3 Å². The highest BCUT2D eigenvalue weighted by atomic mass is 35.5. The van der Waals surface area contributed by atoms with Gasteiger partial charge in [-0.3, -0.25) is 10.2 Å². The maximum absolute atomic E-state index is 10.3. The molecule has 0 bridgehead atoms. The Kier molecular flexibility index (Phi) is 2.79. The first-order valence-electron chi connectivity index (χ1n) is 2.33. The van der Waals surface area contributed by atoms with E-state index in [1.54, 1.807) is 0 Å². The first kappa shape index (κ1) is 7.72. The maximum atomic E-state index is 10.3. The zero-order chi connectivity index (χ0) is 5.28. The third-order valence-corrected chi connectivity index (χ3v) is 0.950. The molecule has 48 valence electrons. The summed E-state index contributed by atoms with van der Waals surface area (Å²) in [4.78, 5) is 10.3. The summed E-state index contributed by atoms with van der Waals surface area (Å²) in [6.45, 7) is 1.96. The van der Waals surface area contributed by atoms with E-state index in [0.29, 0.717) is 12.5 Å². The summed E-state index contributed by atoms with van der Waals surface area (Å²) in [7, 11) is 0. The molecule has 1 fully saturated rings. The molecule has 1 amide bonds. The van der Waals surface area contributed by atoms with Crippen molar-refractivity contribution in [3.63, 3.8) is 0 Å². The molecule has 1 aliphatic rings. The molecule has 0 aromatic carbocycles. The van der Waals surface area contributed by atoms with Gasteiger partial charge >= 0.3 is 0 Å². The van der Waals surface area contributed by atoms with Gasteiger partial charge in [-0.1, -0.05) is 0 Å². The molecule has 0 spiro atoms. The van der Waals surface area contributed by atoms with Gasteiger partial charge in [0.05, 0.1) is 0 Å². The summed E-state index contributed by atoms with van der Waals surface area (Å²) < 4.78 is 0. The average Bonchev–Trinajstić information content (AvgIpc) is 1.87. The molecule has 1 heterocycles. The molecule has 0 aromatic rings. The molecule has 3 nitrogen and oxygen atoms in total. The van der Waals surface area contributed by atoms with E-state index in [1.165, 1.54) is 0 Å². The fourth-order valence-corrected chi connectivity index (χ4v) is 0.584. The topological polar surface area (TPSA) is 41.1 Å². The van der Waals surface area contributed by atoms with Crippen LogP contribution in [0.3, 0.4) is 0 Å². The summed E-state index contributed by atoms with van der Waals surface area (Å²) in [5.41, 5.74) is 5.25. The minimum absolute atomic E-state index is 0. The lowest BCUT2D eigenvalue weighted by molar-refractivity contribution is -0.119. The molecule has 1 unspecified atom stereocenters. The van der Waals surface area contributed by atoms with Gasteiger partial charge in [0, 0.05) is 12.5 Å². The lowest BCUT2D eigenvalue weighted by atomic mass is 10.3. The highest BCUT2D eigenvalue weighted by Gasteiger charge is 2.14. The molecule has 8 heavy (non-hydrogen) atoms. The van der Waals surface area contributed by atoms with Crippen molar-refractivity contribution < 1.29 is 4.79 Å². The lowest BCUT2D eigenvalue weighted by Gasteiger charge is -1.93. The highest BCUT2D eigenvalue weighted by molar-refractivity contribution is 5.85. The van der Waals surface area contributed by atoms with Crippen molar-refractivity contribution in [2.45, 2.75) is 19.4 Å². The summed E-state index contributed by atoms with van der Waals surface area (Å²) in [5.74, 6) is 0.0903. The largest absolute Gasteiger partial charge is 0.291 e. The first-order chi connectivity index (χ1) is 3.29. The molecule has 0 saturated carbocycles. The summed E-state index contributed by atoms with van der Waals surface area (Å²) >= 11 is 0. The van der Waals surface area contributed by atoms with E-state index in [-0.39, 0.29) is 18.3 Å². The molecule has 1 rings (SSSR count). The van der Waals surface area contributed by atoms with Crippen LogP contribution in [0, 0.1) is 0 Å². The number of halogens is 1. The Morgan fingerprint density at radius 1 is 1.75 bits per heavy atom. The highest BCUT2D eigenvalue weighted by Crippen LogP contribution is 1.93. The van der Waals surface area contributed by atoms with Gasteiger partial charge in [-0.05, 0) is 6.92 Å². The number of rotatable bonds is 0. The third-order valence-electron chi connectivity index (χ3n) is 0.950. The number of carbonyl (C=O) groups is 1. The zero-order valence-electron chi connectivity index (χ0n) is 4.60. The number of nitrogens with one attached hydrogen (secondary N) is 2. The van der Waals surface area contributed by atoms with Crippen LogP contribution in [-0.4, -0.2) is 11.9 Å². The van der Waals surface area contributed by atoms with Crippen molar-refractivity contribution in [2.75, 3.05) is 0 Å². The van der Waals surface area contributed by atoms with Crippen LogP contribution in [0.2, 0.25) is 0 Å².